The van der Waals surface area contributed by atoms with Crippen molar-refractivity contribution in [3.8, 4) is 6.07 Å². The number of halogens is 1. The summed E-state index contributed by atoms with van der Waals surface area (Å²) in [4.78, 5) is 0. The normalized spacial score (nSPS) is 11.5. The van der Waals surface area contributed by atoms with Crippen LogP contribution in [-0.4, -0.2) is 0 Å². The molecule has 0 atom stereocenters. The lowest BCUT2D eigenvalue weighted by molar-refractivity contribution is 0.635. The molecular weight excluding hydrogens is 129 g/mol. The van der Waals surface area contributed by atoms with Crippen LogP contribution in [0.1, 0.15) is 20.8 Å². The molecule has 0 aliphatic rings. The van der Waals surface area contributed by atoms with Gasteiger partial charge in [0.2, 0.25) is 0 Å². The molecule has 0 aromatic carbocycles. The van der Waals surface area contributed by atoms with Gasteiger partial charge < -0.3 is 0 Å². The summed E-state index contributed by atoms with van der Waals surface area (Å²) < 4.78 is 12.3. The fraction of sp³-hybridized carbons (Fsp3) is 0.375. The fourth-order valence-electron chi connectivity index (χ4n) is 0.497. The first-order valence-corrected chi connectivity index (χ1v) is 2.99. The van der Waals surface area contributed by atoms with Crippen molar-refractivity contribution in [3.05, 3.63) is 23.0 Å². The summed E-state index contributed by atoms with van der Waals surface area (Å²) in [6.07, 6.45) is 1.52. The van der Waals surface area contributed by atoms with Gasteiger partial charge in [-0.2, -0.15) is 5.26 Å². The lowest BCUT2D eigenvalue weighted by Gasteiger charge is -1.89. The standard InChI is InChI=1S/C8H10FN/c1-6(2)4-8(5-10)7(3)9/h4H,1-3H3/b8-7-. The van der Waals surface area contributed by atoms with E-state index in [2.05, 4.69) is 0 Å². The molecule has 0 aromatic rings. The van der Waals surface area contributed by atoms with E-state index in [1.165, 1.54) is 13.0 Å². The number of hydrogen-bond donors (Lipinski definition) is 0. The van der Waals surface area contributed by atoms with Crippen molar-refractivity contribution in [3.63, 3.8) is 0 Å². The number of hydrogen-bond acceptors (Lipinski definition) is 1. The van der Waals surface area contributed by atoms with E-state index in [1.807, 2.05) is 13.8 Å². The maximum Gasteiger partial charge on any atom is 0.115 e. The zero-order valence-corrected chi connectivity index (χ0v) is 6.40. The molecule has 0 bridgehead atoms. The maximum atomic E-state index is 12.3. The van der Waals surface area contributed by atoms with Gasteiger partial charge >= 0.3 is 0 Å². The van der Waals surface area contributed by atoms with E-state index in [4.69, 9.17) is 5.26 Å². The quantitative estimate of drug-likeness (QED) is 0.404. The van der Waals surface area contributed by atoms with E-state index in [1.54, 1.807) is 6.07 Å². The Bertz CT molecular complexity index is 210. The smallest absolute Gasteiger partial charge is 0.115 e. The molecule has 2 heteroatoms. The fourth-order valence-corrected chi connectivity index (χ4v) is 0.497. The van der Waals surface area contributed by atoms with Crippen LogP contribution in [-0.2, 0) is 0 Å². The van der Waals surface area contributed by atoms with Crippen LogP contribution in [0.3, 0.4) is 0 Å². The Hall–Kier alpha value is -1.10. The summed E-state index contributed by atoms with van der Waals surface area (Å²) in [7, 11) is 0. The third-order valence-corrected chi connectivity index (χ3v) is 0.925. The minimum atomic E-state index is -0.427. The summed E-state index contributed by atoms with van der Waals surface area (Å²) in [5.41, 5.74) is 1.04. The van der Waals surface area contributed by atoms with E-state index in [-0.39, 0.29) is 5.57 Å². The Morgan fingerprint density at radius 3 is 2.00 bits per heavy atom. The van der Waals surface area contributed by atoms with E-state index in [9.17, 15) is 4.39 Å². The Kier molecular flexibility index (Phi) is 3.42. The molecule has 0 aliphatic heterocycles. The number of nitriles is 1. The molecule has 0 aliphatic carbocycles. The second-order valence-corrected chi connectivity index (χ2v) is 2.28. The second kappa shape index (κ2) is 3.84. The van der Waals surface area contributed by atoms with Crippen LogP contribution in [0.5, 0.6) is 0 Å². The van der Waals surface area contributed by atoms with Gasteiger partial charge in [-0.25, -0.2) is 4.39 Å². The monoisotopic (exact) mass is 139 g/mol. The lowest BCUT2D eigenvalue weighted by atomic mass is 10.2. The van der Waals surface area contributed by atoms with Crippen molar-refractivity contribution in [2.24, 2.45) is 0 Å². The summed E-state index contributed by atoms with van der Waals surface area (Å²) in [5, 5.41) is 8.35. The van der Waals surface area contributed by atoms with Crippen LogP contribution in [0.2, 0.25) is 0 Å². The predicted molar refractivity (Wildman–Crippen MR) is 38.9 cm³/mol. The molecule has 0 amide bonds. The molecule has 0 saturated heterocycles. The van der Waals surface area contributed by atoms with Gasteiger partial charge in [0.05, 0.1) is 5.57 Å². The van der Waals surface area contributed by atoms with Gasteiger partial charge in [-0.1, -0.05) is 5.57 Å². The zero-order chi connectivity index (χ0) is 8.15. The van der Waals surface area contributed by atoms with E-state index < -0.39 is 5.83 Å². The van der Waals surface area contributed by atoms with Crippen LogP contribution < -0.4 is 0 Å². The highest BCUT2D eigenvalue weighted by Crippen LogP contribution is 2.07. The highest BCUT2D eigenvalue weighted by Gasteiger charge is 1.94. The van der Waals surface area contributed by atoms with E-state index >= 15 is 0 Å². The average molecular weight is 139 g/mol. The van der Waals surface area contributed by atoms with Crippen LogP contribution in [0.4, 0.5) is 4.39 Å². The molecule has 0 N–H and O–H groups in total. The molecule has 0 radical (unpaired) electrons. The van der Waals surface area contributed by atoms with Gasteiger partial charge in [-0.15, -0.1) is 0 Å². The highest BCUT2D eigenvalue weighted by molar-refractivity contribution is 5.36. The largest absolute Gasteiger partial charge is 0.211 e. The van der Waals surface area contributed by atoms with Gasteiger partial charge in [-0.05, 0) is 26.8 Å². The topological polar surface area (TPSA) is 23.8 Å². The zero-order valence-electron chi connectivity index (χ0n) is 6.40. The molecule has 0 unspecified atom stereocenters. The van der Waals surface area contributed by atoms with E-state index in [0.29, 0.717) is 0 Å². The van der Waals surface area contributed by atoms with Crippen molar-refractivity contribution in [2.45, 2.75) is 20.8 Å². The first-order valence-electron chi connectivity index (χ1n) is 2.99. The summed E-state index contributed by atoms with van der Waals surface area (Å²) in [5.74, 6) is -0.427. The van der Waals surface area contributed by atoms with Crippen LogP contribution in [0, 0.1) is 11.3 Å². The second-order valence-electron chi connectivity index (χ2n) is 2.28. The predicted octanol–water partition coefficient (Wildman–Crippen LogP) is 2.72. The van der Waals surface area contributed by atoms with Crippen molar-refractivity contribution in [2.75, 3.05) is 0 Å². The summed E-state index contributed by atoms with van der Waals surface area (Å²) >= 11 is 0. The first kappa shape index (κ1) is 8.90. The van der Waals surface area contributed by atoms with E-state index in [0.717, 1.165) is 5.57 Å². The molecule has 0 heterocycles. The number of nitrogens with zero attached hydrogens (tertiary/aromatic N) is 1. The third kappa shape index (κ3) is 3.03. The van der Waals surface area contributed by atoms with Crippen molar-refractivity contribution < 1.29 is 4.39 Å². The Morgan fingerprint density at radius 1 is 1.40 bits per heavy atom. The Morgan fingerprint density at radius 2 is 1.90 bits per heavy atom. The number of rotatable bonds is 1. The minimum absolute atomic E-state index is 0.111. The lowest BCUT2D eigenvalue weighted by Crippen LogP contribution is -1.76. The minimum Gasteiger partial charge on any atom is -0.211 e. The molecule has 10 heavy (non-hydrogen) atoms. The molecule has 54 valence electrons. The summed E-state index contributed by atoms with van der Waals surface area (Å²) in [6, 6.07) is 1.76. The van der Waals surface area contributed by atoms with Crippen LogP contribution in [0.25, 0.3) is 0 Å². The van der Waals surface area contributed by atoms with Crippen molar-refractivity contribution in [1.82, 2.24) is 0 Å². The summed E-state index contributed by atoms with van der Waals surface area (Å²) in [6.45, 7) is 4.92. The van der Waals surface area contributed by atoms with Gasteiger partial charge in [0.15, 0.2) is 0 Å². The van der Waals surface area contributed by atoms with Crippen LogP contribution >= 0.6 is 0 Å². The molecular formula is C8H10FN. The average Bonchev–Trinajstić information content (AvgIpc) is 1.81. The molecule has 0 aromatic heterocycles. The van der Waals surface area contributed by atoms with Gasteiger partial charge in [0.1, 0.15) is 11.9 Å². The van der Waals surface area contributed by atoms with Gasteiger partial charge in [-0.3, -0.25) is 0 Å². The SMILES string of the molecule is CC(C)=C/C(C#N)=C(\C)F. The van der Waals surface area contributed by atoms with Crippen LogP contribution in [0.15, 0.2) is 23.0 Å². The Labute approximate surface area is 60.5 Å². The molecule has 0 rings (SSSR count). The highest BCUT2D eigenvalue weighted by atomic mass is 19.1. The first-order chi connectivity index (χ1) is 4.57. The third-order valence-electron chi connectivity index (χ3n) is 0.925. The Balaban J connectivity index is 4.62. The van der Waals surface area contributed by atoms with Crippen molar-refractivity contribution in [1.29, 1.82) is 5.26 Å². The van der Waals surface area contributed by atoms with Gasteiger partial charge in [0.25, 0.3) is 0 Å². The van der Waals surface area contributed by atoms with Gasteiger partial charge in [0, 0.05) is 0 Å². The molecule has 0 spiro atoms. The molecule has 1 nitrogen and oxygen atoms in total. The number of allylic oxidation sites excluding steroid dienone is 4. The molecule has 0 saturated carbocycles. The van der Waals surface area contributed by atoms with Crippen molar-refractivity contribution >= 4 is 0 Å². The maximum absolute atomic E-state index is 12.3. The molecule has 0 fully saturated rings.